The summed E-state index contributed by atoms with van der Waals surface area (Å²) >= 11 is 0. The number of aromatic amines is 1. The van der Waals surface area contributed by atoms with E-state index in [2.05, 4.69) is 15.3 Å². The van der Waals surface area contributed by atoms with Crippen LogP contribution < -0.4 is 15.6 Å². The lowest BCUT2D eigenvalue weighted by molar-refractivity contribution is -0.133. The minimum Gasteiger partial charge on any atom is -0.493 e. The van der Waals surface area contributed by atoms with Crippen LogP contribution in [-0.2, 0) is 4.79 Å². The number of aromatic nitrogens is 2. The molecule has 2 N–H and O–H groups in total. The summed E-state index contributed by atoms with van der Waals surface area (Å²) in [6.07, 6.45) is 6.23. The third-order valence-corrected chi connectivity index (χ3v) is 6.33. The van der Waals surface area contributed by atoms with Crippen LogP contribution in [0.2, 0.25) is 0 Å². The van der Waals surface area contributed by atoms with Crippen molar-refractivity contribution >= 4 is 22.8 Å². The molecule has 2 aromatic rings. The van der Waals surface area contributed by atoms with E-state index in [0.717, 1.165) is 51.6 Å². The van der Waals surface area contributed by atoms with E-state index < -0.39 is 11.4 Å². The number of nitrogens with zero attached hydrogens (tertiary/aromatic N) is 2. The molecular formula is C22H27FN4O3. The fourth-order valence-electron chi connectivity index (χ4n) is 4.05. The number of halogens is 1. The average molecular weight is 414 g/mol. The predicted octanol–water partition coefficient (Wildman–Crippen LogP) is 2.91. The molecule has 0 spiro atoms. The van der Waals surface area contributed by atoms with Crippen LogP contribution in [0.3, 0.4) is 0 Å². The van der Waals surface area contributed by atoms with Gasteiger partial charge in [0.25, 0.3) is 5.56 Å². The Balaban J connectivity index is 1.23. The van der Waals surface area contributed by atoms with Crippen molar-refractivity contribution in [2.45, 2.75) is 38.5 Å². The van der Waals surface area contributed by atoms with Crippen LogP contribution in [0.1, 0.15) is 38.5 Å². The van der Waals surface area contributed by atoms with Crippen LogP contribution in [-0.4, -0.2) is 47.0 Å². The van der Waals surface area contributed by atoms with Crippen LogP contribution in [0, 0.1) is 23.6 Å². The third kappa shape index (κ3) is 4.27. The molecule has 3 aliphatic rings. The van der Waals surface area contributed by atoms with Crippen molar-refractivity contribution in [1.29, 1.82) is 0 Å². The molecule has 1 amide bonds. The first-order valence-corrected chi connectivity index (χ1v) is 11.0. The number of amides is 1. The number of carbonyl (C=O) groups is 1. The van der Waals surface area contributed by atoms with Crippen molar-refractivity contribution < 1.29 is 13.9 Å². The molecule has 30 heavy (non-hydrogen) atoms. The lowest BCUT2D eigenvalue weighted by atomic mass is 9.96. The molecule has 8 heteroatoms. The smallest absolute Gasteiger partial charge is 0.263 e. The Morgan fingerprint density at radius 2 is 1.93 bits per heavy atom. The van der Waals surface area contributed by atoms with Crippen molar-refractivity contribution in [3.63, 3.8) is 0 Å². The Labute approximate surface area is 174 Å². The molecule has 2 heterocycles. The minimum atomic E-state index is -0.619. The van der Waals surface area contributed by atoms with Gasteiger partial charge >= 0.3 is 0 Å². The van der Waals surface area contributed by atoms with Crippen LogP contribution in [0.25, 0.3) is 10.9 Å². The Kier molecular flexibility index (Phi) is 5.08. The number of ether oxygens (including phenoxy) is 1. The van der Waals surface area contributed by atoms with Crippen LogP contribution >= 0.6 is 0 Å². The fraction of sp³-hybridized carbons (Fsp3) is 0.591. The summed E-state index contributed by atoms with van der Waals surface area (Å²) in [5.41, 5.74) is -0.213. The van der Waals surface area contributed by atoms with E-state index in [1.54, 1.807) is 6.07 Å². The highest BCUT2D eigenvalue weighted by Gasteiger charge is 2.34. The van der Waals surface area contributed by atoms with Crippen molar-refractivity contribution in [1.82, 2.24) is 14.9 Å². The number of hydrogen-bond donors (Lipinski definition) is 2. The molecule has 2 aliphatic carbocycles. The summed E-state index contributed by atoms with van der Waals surface area (Å²) in [5.74, 6) is 1.66. The molecule has 0 atom stereocenters. The number of piperidine rings is 1. The second-order valence-electron chi connectivity index (χ2n) is 8.89. The molecule has 160 valence electrons. The molecule has 0 bridgehead atoms. The minimum absolute atomic E-state index is 0.0498. The molecule has 3 fully saturated rings. The van der Waals surface area contributed by atoms with Crippen molar-refractivity contribution in [2.24, 2.45) is 17.8 Å². The fourth-order valence-corrected chi connectivity index (χ4v) is 4.05. The molecule has 1 aromatic carbocycles. The van der Waals surface area contributed by atoms with Gasteiger partial charge in [-0.25, -0.2) is 9.37 Å². The highest BCUT2D eigenvalue weighted by atomic mass is 19.1. The summed E-state index contributed by atoms with van der Waals surface area (Å²) < 4.78 is 20.1. The number of rotatable bonds is 7. The molecule has 1 saturated heterocycles. The molecule has 0 unspecified atom stereocenters. The molecule has 2 saturated carbocycles. The van der Waals surface area contributed by atoms with Gasteiger partial charge < -0.3 is 15.0 Å². The SMILES string of the molecule is O=C(C1CC1)N1CCC(CNc2nc3cc(OCC4CC4)cc(F)c3c(=O)[nH]2)CC1. The van der Waals surface area contributed by atoms with E-state index >= 15 is 0 Å². The summed E-state index contributed by atoms with van der Waals surface area (Å²) in [7, 11) is 0. The lowest BCUT2D eigenvalue weighted by Crippen LogP contribution is -2.40. The van der Waals surface area contributed by atoms with Gasteiger partial charge in [0, 0.05) is 37.7 Å². The number of likely N-dealkylation sites (tertiary alicyclic amines) is 1. The standard InChI is InChI=1S/C22H27FN4O3/c23-17-9-16(30-12-14-1-2-14)10-18-19(17)20(28)26-22(25-18)24-11-13-5-7-27(8-6-13)21(29)15-3-4-15/h9-10,13-15H,1-8,11-12H2,(H2,24,25,26,28). The topological polar surface area (TPSA) is 87.3 Å². The summed E-state index contributed by atoms with van der Waals surface area (Å²) in [5, 5.41) is 3.14. The second-order valence-corrected chi connectivity index (χ2v) is 8.89. The number of hydrogen-bond acceptors (Lipinski definition) is 5. The van der Waals surface area contributed by atoms with Gasteiger partial charge in [0.2, 0.25) is 11.9 Å². The summed E-state index contributed by atoms with van der Waals surface area (Å²) in [4.78, 5) is 33.6. The van der Waals surface area contributed by atoms with E-state index in [1.165, 1.54) is 6.07 Å². The van der Waals surface area contributed by atoms with E-state index in [9.17, 15) is 14.0 Å². The first-order valence-electron chi connectivity index (χ1n) is 11.0. The zero-order chi connectivity index (χ0) is 20.7. The Hall–Kier alpha value is -2.64. The van der Waals surface area contributed by atoms with Crippen LogP contribution in [0.15, 0.2) is 16.9 Å². The average Bonchev–Trinajstić information content (AvgIpc) is 3.63. The first kappa shape index (κ1) is 19.3. The maximum absolute atomic E-state index is 14.4. The zero-order valence-electron chi connectivity index (χ0n) is 17.0. The number of carbonyl (C=O) groups excluding carboxylic acids is 1. The van der Waals surface area contributed by atoms with Crippen molar-refractivity contribution in [2.75, 3.05) is 31.6 Å². The molecule has 1 aliphatic heterocycles. The van der Waals surface area contributed by atoms with Crippen molar-refractivity contribution in [3.05, 3.63) is 28.3 Å². The number of fused-ring (bicyclic) bond motifs is 1. The van der Waals surface area contributed by atoms with E-state index in [1.807, 2.05) is 4.90 Å². The molecule has 5 rings (SSSR count). The quantitative estimate of drug-likeness (QED) is 0.728. The highest BCUT2D eigenvalue weighted by molar-refractivity contribution is 5.81. The van der Waals surface area contributed by atoms with Gasteiger partial charge in [0.1, 0.15) is 17.0 Å². The van der Waals surface area contributed by atoms with Crippen LogP contribution in [0.4, 0.5) is 10.3 Å². The van der Waals surface area contributed by atoms with Gasteiger partial charge in [-0.1, -0.05) is 0 Å². The maximum Gasteiger partial charge on any atom is 0.263 e. The Bertz CT molecular complexity index is 1010. The van der Waals surface area contributed by atoms with Gasteiger partial charge in [-0.3, -0.25) is 14.6 Å². The van der Waals surface area contributed by atoms with Crippen LogP contribution in [0.5, 0.6) is 5.75 Å². The molecular weight excluding hydrogens is 387 g/mol. The summed E-state index contributed by atoms with van der Waals surface area (Å²) in [6.45, 7) is 2.80. The van der Waals surface area contributed by atoms with E-state index in [-0.39, 0.29) is 16.8 Å². The Morgan fingerprint density at radius 3 is 2.63 bits per heavy atom. The van der Waals surface area contributed by atoms with Gasteiger partial charge in [0.05, 0.1) is 12.1 Å². The highest BCUT2D eigenvalue weighted by Crippen LogP contribution is 2.33. The predicted molar refractivity (Wildman–Crippen MR) is 111 cm³/mol. The molecule has 0 radical (unpaired) electrons. The van der Waals surface area contributed by atoms with Gasteiger partial charge in [-0.2, -0.15) is 0 Å². The number of nitrogens with one attached hydrogen (secondary N) is 2. The van der Waals surface area contributed by atoms with Gasteiger partial charge in [-0.05, 0) is 50.4 Å². The summed E-state index contributed by atoms with van der Waals surface area (Å²) in [6, 6.07) is 2.88. The normalized spacial score (nSPS) is 19.8. The first-order chi connectivity index (χ1) is 14.6. The second kappa shape index (κ2) is 7.89. The Morgan fingerprint density at radius 1 is 1.17 bits per heavy atom. The number of anilines is 1. The van der Waals surface area contributed by atoms with E-state index in [0.29, 0.717) is 42.6 Å². The van der Waals surface area contributed by atoms with Gasteiger partial charge in [-0.15, -0.1) is 0 Å². The van der Waals surface area contributed by atoms with Crippen molar-refractivity contribution in [3.8, 4) is 5.75 Å². The number of benzene rings is 1. The third-order valence-electron chi connectivity index (χ3n) is 6.33. The van der Waals surface area contributed by atoms with E-state index in [4.69, 9.17) is 4.74 Å². The number of H-pyrrole nitrogens is 1. The molecule has 1 aromatic heterocycles. The largest absolute Gasteiger partial charge is 0.493 e. The monoisotopic (exact) mass is 414 g/mol. The van der Waals surface area contributed by atoms with Gasteiger partial charge in [0.15, 0.2) is 0 Å². The zero-order valence-corrected chi connectivity index (χ0v) is 17.0. The maximum atomic E-state index is 14.4. The lowest BCUT2D eigenvalue weighted by Gasteiger charge is -2.32. The molecule has 7 nitrogen and oxygen atoms in total.